The summed E-state index contributed by atoms with van der Waals surface area (Å²) in [6.45, 7) is 3.73. The molecular formula is C15H22Cl4N6. The quantitative estimate of drug-likeness (QED) is 0.679. The topological polar surface area (TPSA) is 82.9 Å². The minimum Gasteiger partial charge on any atom is -0.366 e. The molecule has 3 rings (SSSR count). The van der Waals surface area contributed by atoms with Crippen molar-refractivity contribution in [3.63, 3.8) is 0 Å². The lowest BCUT2D eigenvalue weighted by molar-refractivity contribution is 0.380. The van der Waals surface area contributed by atoms with Crippen molar-refractivity contribution < 1.29 is 0 Å². The van der Waals surface area contributed by atoms with Crippen LogP contribution >= 0.6 is 48.0 Å². The first-order valence-electron chi connectivity index (χ1n) is 7.69. The van der Waals surface area contributed by atoms with Gasteiger partial charge in [-0.25, -0.2) is 5.10 Å². The van der Waals surface area contributed by atoms with Crippen LogP contribution in [-0.2, 0) is 6.54 Å². The number of piperidine rings is 1. The highest BCUT2D eigenvalue weighted by Gasteiger charge is 2.21. The number of aromatic nitrogens is 3. The Kier molecular flexibility index (Phi) is 9.10. The van der Waals surface area contributed by atoms with Gasteiger partial charge in [-0.15, -0.1) is 29.9 Å². The smallest absolute Gasteiger partial charge is 0.241 e. The van der Waals surface area contributed by atoms with E-state index in [9.17, 15) is 0 Å². The minimum atomic E-state index is 0. The molecule has 10 heteroatoms. The van der Waals surface area contributed by atoms with E-state index in [2.05, 4.69) is 25.4 Å². The molecule has 2 aromatic rings. The highest BCUT2D eigenvalue weighted by atomic mass is 35.5. The van der Waals surface area contributed by atoms with Gasteiger partial charge in [0, 0.05) is 19.6 Å². The third-order valence-corrected chi connectivity index (χ3v) is 4.89. The molecular weight excluding hydrogens is 406 g/mol. The van der Waals surface area contributed by atoms with Crippen molar-refractivity contribution in [3.05, 3.63) is 33.8 Å². The number of hydrogen-bond acceptors (Lipinski definition) is 5. The Hall–Kier alpha value is -0.920. The number of anilines is 2. The molecule has 1 aliphatic heterocycles. The third kappa shape index (κ3) is 6.08. The van der Waals surface area contributed by atoms with E-state index in [0.717, 1.165) is 50.5 Å². The number of nitrogen functional groups attached to an aromatic ring is 1. The van der Waals surface area contributed by atoms with Crippen LogP contribution in [0.5, 0.6) is 0 Å². The Bertz CT molecular complexity index is 657. The van der Waals surface area contributed by atoms with Crippen LogP contribution in [0.15, 0.2) is 18.2 Å². The summed E-state index contributed by atoms with van der Waals surface area (Å²) in [5.41, 5.74) is 6.69. The Labute approximate surface area is 169 Å². The van der Waals surface area contributed by atoms with Crippen LogP contribution in [0.4, 0.5) is 11.9 Å². The number of H-pyrrole nitrogens is 1. The first-order valence-corrected chi connectivity index (χ1v) is 8.45. The van der Waals surface area contributed by atoms with E-state index in [1.54, 1.807) is 0 Å². The summed E-state index contributed by atoms with van der Waals surface area (Å²) >= 11 is 12.0. The van der Waals surface area contributed by atoms with Gasteiger partial charge in [-0.3, -0.25) is 0 Å². The van der Waals surface area contributed by atoms with E-state index in [0.29, 0.717) is 21.9 Å². The van der Waals surface area contributed by atoms with Gasteiger partial charge in [0.15, 0.2) is 0 Å². The number of rotatable bonds is 5. The highest BCUT2D eigenvalue weighted by Crippen LogP contribution is 2.23. The number of nitrogens with zero attached hydrogens (tertiary/aromatic N) is 3. The molecule has 4 N–H and O–H groups in total. The third-order valence-electron chi connectivity index (χ3n) is 4.15. The number of nitrogens with two attached hydrogens (primary N) is 1. The molecule has 1 fully saturated rings. The van der Waals surface area contributed by atoms with Gasteiger partial charge in [-0.1, -0.05) is 29.3 Å². The van der Waals surface area contributed by atoms with Crippen LogP contribution in [-0.4, -0.2) is 34.8 Å². The monoisotopic (exact) mass is 426 g/mol. The van der Waals surface area contributed by atoms with Crippen molar-refractivity contribution in [3.8, 4) is 0 Å². The lowest BCUT2D eigenvalue weighted by Gasteiger charge is -2.31. The molecule has 6 nitrogen and oxygen atoms in total. The van der Waals surface area contributed by atoms with Crippen LogP contribution in [0.25, 0.3) is 0 Å². The average Bonchev–Trinajstić information content (AvgIpc) is 2.98. The van der Waals surface area contributed by atoms with Gasteiger partial charge in [0.1, 0.15) is 0 Å². The van der Waals surface area contributed by atoms with Crippen molar-refractivity contribution in [2.45, 2.75) is 19.4 Å². The molecule has 0 radical (unpaired) electrons. The first-order chi connectivity index (χ1) is 11.1. The zero-order valence-corrected chi connectivity index (χ0v) is 16.7. The van der Waals surface area contributed by atoms with Gasteiger partial charge in [0.25, 0.3) is 0 Å². The molecule has 0 saturated carbocycles. The van der Waals surface area contributed by atoms with Crippen molar-refractivity contribution in [1.82, 2.24) is 20.5 Å². The second-order valence-electron chi connectivity index (χ2n) is 5.83. The lowest BCUT2D eigenvalue weighted by Crippen LogP contribution is -2.37. The second kappa shape index (κ2) is 10.3. The number of halogens is 4. The van der Waals surface area contributed by atoms with Gasteiger partial charge < -0.3 is 16.0 Å². The lowest BCUT2D eigenvalue weighted by atomic mass is 9.97. The molecule has 0 amide bonds. The van der Waals surface area contributed by atoms with Crippen molar-refractivity contribution in [2.24, 2.45) is 5.92 Å². The number of hydrogen-bond donors (Lipinski definition) is 3. The Balaban J connectivity index is 0.00000156. The zero-order valence-electron chi connectivity index (χ0n) is 13.5. The highest BCUT2D eigenvalue weighted by molar-refractivity contribution is 6.42. The maximum Gasteiger partial charge on any atom is 0.241 e. The Morgan fingerprint density at radius 3 is 2.52 bits per heavy atom. The second-order valence-corrected chi connectivity index (χ2v) is 6.64. The van der Waals surface area contributed by atoms with E-state index in [4.69, 9.17) is 28.9 Å². The maximum absolute atomic E-state index is 6.03. The van der Waals surface area contributed by atoms with Gasteiger partial charge in [-0.05, 0) is 43.0 Å². The summed E-state index contributed by atoms with van der Waals surface area (Å²) in [5.74, 6) is 1.73. The van der Waals surface area contributed by atoms with E-state index in [-0.39, 0.29) is 24.8 Å². The fraction of sp³-hybridized carbons (Fsp3) is 0.467. The normalized spacial score (nSPS) is 14.7. The summed E-state index contributed by atoms with van der Waals surface area (Å²) in [6, 6.07) is 5.74. The fourth-order valence-corrected chi connectivity index (χ4v) is 3.15. The van der Waals surface area contributed by atoms with Crippen LogP contribution in [0.3, 0.4) is 0 Å². The van der Waals surface area contributed by atoms with Gasteiger partial charge >= 0.3 is 0 Å². The van der Waals surface area contributed by atoms with Crippen LogP contribution in [0.2, 0.25) is 10.0 Å². The Morgan fingerprint density at radius 2 is 1.92 bits per heavy atom. The molecule has 0 spiro atoms. The molecule has 2 heterocycles. The van der Waals surface area contributed by atoms with Crippen molar-refractivity contribution >= 4 is 59.9 Å². The molecule has 1 aliphatic rings. The molecule has 0 aliphatic carbocycles. The predicted octanol–water partition coefficient (Wildman–Crippen LogP) is 3.54. The minimum absolute atomic E-state index is 0. The zero-order chi connectivity index (χ0) is 16.2. The summed E-state index contributed by atoms with van der Waals surface area (Å²) in [4.78, 5) is 6.37. The van der Waals surface area contributed by atoms with Gasteiger partial charge in [0.05, 0.1) is 10.0 Å². The standard InChI is InChI=1S/C15H20Cl2N6.2ClH/c16-12-2-1-11(7-13(12)17)9-19-8-10-3-5-23(6-4-10)15-20-14(18)21-22-15;;/h1-2,7,10,19H,3-6,8-9H2,(H3,18,20,21,22);2*1H. The fourth-order valence-electron chi connectivity index (χ4n) is 2.83. The molecule has 25 heavy (non-hydrogen) atoms. The largest absolute Gasteiger partial charge is 0.366 e. The van der Waals surface area contributed by atoms with Gasteiger partial charge in [-0.2, -0.15) is 4.98 Å². The molecule has 0 bridgehead atoms. The van der Waals surface area contributed by atoms with E-state index >= 15 is 0 Å². The number of aromatic amines is 1. The molecule has 140 valence electrons. The van der Waals surface area contributed by atoms with Crippen LogP contribution in [0, 0.1) is 5.92 Å². The number of benzene rings is 1. The predicted molar refractivity (Wildman–Crippen MR) is 108 cm³/mol. The average molecular weight is 428 g/mol. The van der Waals surface area contributed by atoms with E-state index < -0.39 is 0 Å². The molecule has 0 atom stereocenters. The van der Waals surface area contributed by atoms with E-state index in [1.165, 1.54) is 0 Å². The SMILES string of the molecule is Cl.Cl.Nc1n[nH]c(N2CCC(CNCc3ccc(Cl)c(Cl)c3)CC2)n1. The summed E-state index contributed by atoms with van der Waals surface area (Å²) in [5, 5.41) is 11.4. The van der Waals surface area contributed by atoms with Crippen LogP contribution < -0.4 is 16.0 Å². The van der Waals surface area contributed by atoms with E-state index in [1.807, 2.05) is 18.2 Å². The molecule has 1 saturated heterocycles. The van der Waals surface area contributed by atoms with Gasteiger partial charge in [0.2, 0.25) is 11.9 Å². The molecule has 1 aromatic carbocycles. The molecule has 1 aromatic heterocycles. The summed E-state index contributed by atoms with van der Waals surface area (Å²) < 4.78 is 0. The van der Waals surface area contributed by atoms with Crippen molar-refractivity contribution in [1.29, 1.82) is 0 Å². The summed E-state index contributed by atoms with van der Waals surface area (Å²) in [6.07, 6.45) is 2.24. The van der Waals surface area contributed by atoms with Crippen LogP contribution in [0.1, 0.15) is 18.4 Å². The first kappa shape index (κ1) is 22.1. The summed E-state index contributed by atoms with van der Waals surface area (Å²) in [7, 11) is 0. The number of nitrogens with one attached hydrogen (secondary N) is 2. The Morgan fingerprint density at radius 1 is 1.20 bits per heavy atom. The molecule has 0 unspecified atom stereocenters. The maximum atomic E-state index is 6.03. The van der Waals surface area contributed by atoms with Crippen molar-refractivity contribution in [2.75, 3.05) is 30.3 Å².